The van der Waals surface area contributed by atoms with E-state index < -0.39 is 9.84 Å². The van der Waals surface area contributed by atoms with Crippen LogP contribution in [-0.4, -0.2) is 55.1 Å². The summed E-state index contributed by atoms with van der Waals surface area (Å²) in [6.45, 7) is 5.30. The predicted octanol–water partition coefficient (Wildman–Crippen LogP) is 3.17. The topological polar surface area (TPSA) is 79.6 Å². The van der Waals surface area contributed by atoms with Gasteiger partial charge in [0.2, 0.25) is 9.84 Å². The monoisotopic (exact) mass is 465 g/mol. The van der Waals surface area contributed by atoms with Crippen molar-refractivity contribution in [3.8, 4) is 0 Å². The summed E-state index contributed by atoms with van der Waals surface area (Å²) in [5.74, 6) is 0.733. The van der Waals surface area contributed by atoms with Gasteiger partial charge in [0, 0.05) is 29.3 Å². The highest BCUT2D eigenvalue weighted by Crippen LogP contribution is 2.30. The zero-order valence-electron chi connectivity index (χ0n) is 16.4. The minimum Gasteiger partial charge on any atom is -0.369 e. The van der Waals surface area contributed by atoms with Gasteiger partial charge < -0.3 is 10.2 Å². The molecule has 0 aliphatic carbocycles. The van der Waals surface area contributed by atoms with Gasteiger partial charge in [0.05, 0.1) is 10.6 Å². The number of hydrogen-bond acceptors (Lipinski definition) is 6. The highest BCUT2D eigenvalue weighted by atomic mass is 79.9. The molecule has 0 amide bonds. The molecule has 0 bridgehead atoms. The van der Waals surface area contributed by atoms with Gasteiger partial charge in [-0.3, -0.25) is 0 Å². The molecule has 3 aromatic rings. The lowest BCUT2D eigenvalue weighted by molar-refractivity contribution is 0.425. The first kappa shape index (κ1) is 20.8. The molecule has 28 heavy (non-hydrogen) atoms. The first-order valence-electron chi connectivity index (χ1n) is 9.02. The van der Waals surface area contributed by atoms with Crippen molar-refractivity contribution in [3.63, 3.8) is 0 Å². The SMILES string of the molecule is CCc1nn2c(NCCN(C)C)cc(C)nc2c1S(=O)(=O)c1ccc(Br)cc1. The molecule has 1 aromatic carbocycles. The molecule has 0 saturated carbocycles. The molecule has 0 saturated heterocycles. The fourth-order valence-electron chi connectivity index (χ4n) is 2.93. The van der Waals surface area contributed by atoms with Crippen molar-refractivity contribution < 1.29 is 8.42 Å². The fourth-order valence-corrected chi connectivity index (χ4v) is 4.80. The standard InChI is InChI=1S/C19H24BrN5O2S/c1-5-16-18(28(26,27)15-8-6-14(20)7-9-15)19-22-13(2)12-17(25(19)23-16)21-10-11-24(3)4/h6-9,12,21H,5,10-11H2,1-4H3. The Hall–Kier alpha value is -1.97. The number of rotatable bonds is 7. The van der Waals surface area contributed by atoms with Crippen LogP contribution in [0.25, 0.3) is 5.65 Å². The van der Waals surface area contributed by atoms with Crippen molar-refractivity contribution in [3.05, 3.63) is 46.2 Å². The van der Waals surface area contributed by atoms with Crippen LogP contribution >= 0.6 is 15.9 Å². The van der Waals surface area contributed by atoms with Crippen molar-refractivity contribution in [1.29, 1.82) is 0 Å². The smallest absolute Gasteiger partial charge is 0.212 e. The number of nitrogens with zero attached hydrogens (tertiary/aromatic N) is 4. The quantitative estimate of drug-likeness (QED) is 0.577. The molecular weight excluding hydrogens is 442 g/mol. The number of likely N-dealkylation sites (N-methyl/N-ethyl adjacent to an activating group) is 1. The first-order chi connectivity index (χ1) is 13.2. The van der Waals surface area contributed by atoms with Crippen molar-refractivity contribution in [2.75, 3.05) is 32.5 Å². The minimum atomic E-state index is -3.75. The number of fused-ring (bicyclic) bond motifs is 1. The van der Waals surface area contributed by atoms with E-state index in [0.717, 1.165) is 22.5 Å². The maximum atomic E-state index is 13.4. The predicted molar refractivity (Wildman–Crippen MR) is 114 cm³/mol. The van der Waals surface area contributed by atoms with E-state index in [1.165, 1.54) is 0 Å². The number of aromatic nitrogens is 3. The third-order valence-electron chi connectivity index (χ3n) is 4.34. The molecule has 0 atom stereocenters. The van der Waals surface area contributed by atoms with Crippen molar-refractivity contribution >= 4 is 37.2 Å². The Morgan fingerprint density at radius 1 is 1.21 bits per heavy atom. The van der Waals surface area contributed by atoms with Crippen LogP contribution in [0.3, 0.4) is 0 Å². The Morgan fingerprint density at radius 2 is 1.89 bits per heavy atom. The highest BCUT2D eigenvalue weighted by molar-refractivity contribution is 9.10. The van der Waals surface area contributed by atoms with Gasteiger partial charge in [0.15, 0.2) is 5.65 Å². The fraction of sp³-hybridized carbons (Fsp3) is 0.368. The summed E-state index contributed by atoms with van der Waals surface area (Å²) in [6.07, 6.45) is 0.491. The molecule has 9 heteroatoms. The molecule has 150 valence electrons. The summed E-state index contributed by atoms with van der Waals surface area (Å²) >= 11 is 3.35. The lowest BCUT2D eigenvalue weighted by Gasteiger charge is -2.13. The molecular formula is C19H24BrN5O2S. The summed E-state index contributed by atoms with van der Waals surface area (Å²) in [6, 6.07) is 8.50. The Labute approximate surface area is 173 Å². The maximum Gasteiger partial charge on any atom is 0.212 e. The Morgan fingerprint density at radius 3 is 2.50 bits per heavy atom. The molecule has 0 aliphatic heterocycles. The zero-order chi connectivity index (χ0) is 20.5. The van der Waals surface area contributed by atoms with Gasteiger partial charge in [-0.2, -0.15) is 9.61 Å². The molecule has 1 N–H and O–H groups in total. The number of hydrogen-bond donors (Lipinski definition) is 1. The Kier molecular flexibility index (Phi) is 6.07. The van der Waals surface area contributed by atoms with Crippen LogP contribution in [0.5, 0.6) is 0 Å². The lowest BCUT2D eigenvalue weighted by atomic mass is 10.3. The second kappa shape index (κ2) is 8.18. The third-order valence-corrected chi connectivity index (χ3v) is 6.71. The average Bonchev–Trinajstić information content (AvgIpc) is 3.01. The molecule has 2 heterocycles. The van der Waals surface area contributed by atoms with Gasteiger partial charge >= 0.3 is 0 Å². The molecule has 0 fully saturated rings. The van der Waals surface area contributed by atoms with Crippen molar-refractivity contribution in [2.24, 2.45) is 0 Å². The van der Waals surface area contributed by atoms with E-state index in [9.17, 15) is 8.42 Å². The van der Waals surface area contributed by atoms with E-state index in [2.05, 4.69) is 36.2 Å². The Bertz CT molecular complexity index is 1090. The summed E-state index contributed by atoms with van der Waals surface area (Å²) in [5.41, 5.74) is 1.60. The molecule has 0 unspecified atom stereocenters. The van der Waals surface area contributed by atoms with Crippen molar-refractivity contribution in [2.45, 2.75) is 30.1 Å². The normalized spacial score (nSPS) is 12.1. The van der Waals surface area contributed by atoms with Crippen molar-refractivity contribution in [1.82, 2.24) is 19.5 Å². The van der Waals surface area contributed by atoms with Crippen LogP contribution in [0.1, 0.15) is 18.3 Å². The number of benzene rings is 1. The van der Waals surface area contributed by atoms with Crippen LogP contribution < -0.4 is 5.32 Å². The van der Waals surface area contributed by atoms with Gasteiger partial charge in [0.1, 0.15) is 10.7 Å². The highest BCUT2D eigenvalue weighted by Gasteiger charge is 2.28. The van der Waals surface area contributed by atoms with Crippen LogP contribution in [0.15, 0.2) is 44.6 Å². The minimum absolute atomic E-state index is 0.177. The zero-order valence-corrected chi connectivity index (χ0v) is 18.8. The third kappa shape index (κ3) is 4.06. The number of anilines is 1. The summed E-state index contributed by atoms with van der Waals surface area (Å²) < 4.78 is 29.2. The van der Waals surface area contributed by atoms with Gasteiger partial charge in [-0.15, -0.1) is 0 Å². The molecule has 0 radical (unpaired) electrons. The lowest BCUT2D eigenvalue weighted by Crippen LogP contribution is -2.21. The Balaban J connectivity index is 2.17. The molecule has 2 aromatic heterocycles. The molecule has 0 spiro atoms. The summed E-state index contributed by atoms with van der Waals surface area (Å²) in [5, 5.41) is 7.91. The van der Waals surface area contributed by atoms with Crippen LogP contribution in [-0.2, 0) is 16.3 Å². The largest absolute Gasteiger partial charge is 0.369 e. The molecule has 3 rings (SSSR count). The maximum absolute atomic E-state index is 13.4. The molecule has 7 nitrogen and oxygen atoms in total. The van der Waals surface area contributed by atoms with E-state index >= 15 is 0 Å². The average molecular weight is 466 g/mol. The van der Waals surface area contributed by atoms with Gasteiger partial charge in [-0.25, -0.2) is 13.4 Å². The second-order valence-electron chi connectivity index (χ2n) is 6.83. The van der Waals surface area contributed by atoms with Crippen LogP contribution in [0, 0.1) is 6.92 Å². The first-order valence-corrected chi connectivity index (χ1v) is 11.3. The van der Waals surface area contributed by atoms with E-state index in [4.69, 9.17) is 0 Å². The number of aryl methyl sites for hydroxylation is 2. The molecule has 0 aliphatic rings. The van der Waals surface area contributed by atoms with E-state index in [0.29, 0.717) is 24.3 Å². The van der Waals surface area contributed by atoms with E-state index in [1.807, 2.05) is 34.0 Å². The summed E-state index contributed by atoms with van der Waals surface area (Å²) in [7, 11) is 0.250. The number of halogens is 1. The van der Waals surface area contributed by atoms with Gasteiger partial charge in [0.25, 0.3) is 0 Å². The van der Waals surface area contributed by atoms with Crippen LogP contribution in [0.4, 0.5) is 5.82 Å². The van der Waals surface area contributed by atoms with Gasteiger partial charge in [-0.05, 0) is 51.7 Å². The van der Waals surface area contributed by atoms with Crippen LogP contribution in [0.2, 0.25) is 0 Å². The van der Waals surface area contributed by atoms with Gasteiger partial charge in [-0.1, -0.05) is 22.9 Å². The number of nitrogens with one attached hydrogen (secondary N) is 1. The number of sulfone groups is 1. The second-order valence-corrected chi connectivity index (χ2v) is 9.64. The summed E-state index contributed by atoms with van der Waals surface area (Å²) in [4.78, 5) is 7.00. The van der Waals surface area contributed by atoms with E-state index in [-0.39, 0.29) is 9.79 Å². The van der Waals surface area contributed by atoms with E-state index in [1.54, 1.807) is 28.8 Å².